The second kappa shape index (κ2) is 8.70. The first kappa shape index (κ1) is 18.9. The molecule has 2 aliphatic rings. The normalized spacial score (nSPS) is 16.9. The van der Waals surface area contributed by atoms with Crippen molar-refractivity contribution in [1.82, 2.24) is 10.3 Å². The van der Waals surface area contributed by atoms with Gasteiger partial charge in [0, 0.05) is 42.8 Å². The number of carbonyl (C=O) groups is 2. The molecule has 2 aliphatic heterocycles. The van der Waals surface area contributed by atoms with Crippen LogP contribution in [0.3, 0.4) is 0 Å². The topological polar surface area (TPSA) is 92.4 Å². The second-order valence-electron chi connectivity index (χ2n) is 7.18. The molecule has 3 heterocycles. The van der Waals surface area contributed by atoms with Gasteiger partial charge in [-0.15, -0.1) is 11.3 Å². The average molecular weight is 401 g/mol. The van der Waals surface area contributed by atoms with E-state index in [9.17, 15) is 9.59 Å². The maximum atomic E-state index is 12.1. The summed E-state index contributed by atoms with van der Waals surface area (Å²) >= 11 is 1.40. The Bertz CT molecular complexity index is 861. The number of aryl methyl sites for hydroxylation is 1. The van der Waals surface area contributed by atoms with Crippen molar-refractivity contribution in [2.75, 3.05) is 30.4 Å². The van der Waals surface area contributed by atoms with E-state index in [1.807, 2.05) is 17.5 Å². The molecule has 0 spiro atoms. The molecule has 28 heavy (non-hydrogen) atoms. The van der Waals surface area contributed by atoms with Crippen LogP contribution in [-0.2, 0) is 16.0 Å². The van der Waals surface area contributed by atoms with Crippen LogP contribution < -0.4 is 16.0 Å². The van der Waals surface area contributed by atoms with E-state index in [0.717, 1.165) is 61.4 Å². The number of aromatic nitrogens is 1. The van der Waals surface area contributed by atoms with E-state index >= 15 is 0 Å². The van der Waals surface area contributed by atoms with Gasteiger partial charge in [0.1, 0.15) is 0 Å². The summed E-state index contributed by atoms with van der Waals surface area (Å²) < 4.78 is 5.36. The summed E-state index contributed by atoms with van der Waals surface area (Å²) in [5.41, 5.74) is 3.80. The van der Waals surface area contributed by atoms with E-state index in [1.165, 1.54) is 11.3 Å². The highest BCUT2D eigenvalue weighted by molar-refractivity contribution is 7.14. The standard InChI is InChI=1S/C20H24N4O3S/c25-18-4-2-14-11-15(1-3-16(14)22-18)17-12-28-20(23-17)24-19(26)21-8-5-13-6-9-27-10-7-13/h1,3,11-13H,2,4-10H2,(H,22,25)(H2,21,23,24,26). The Balaban J connectivity index is 1.30. The third-order valence-corrected chi connectivity index (χ3v) is 5.96. The Hall–Kier alpha value is -2.45. The highest BCUT2D eigenvalue weighted by Crippen LogP contribution is 2.30. The summed E-state index contributed by atoms with van der Waals surface area (Å²) in [6.45, 7) is 2.31. The van der Waals surface area contributed by atoms with Crippen LogP contribution in [0.5, 0.6) is 0 Å². The number of thiazole rings is 1. The first-order valence-electron chi connectivity index (χ1n) is 9.68. The fourth-order valence-corrected chi connectivity index (χ4v) is 4.29. The molecule has 0 atom stereocenters. The van der Waals surface area contributed by atoms with Gasteiger partial charge in [0.2, 0.25) is 5.91 Å². The number of carbonyl (C=O) groups excluding carboxylic acids is 2. The molecule has 0 saturated carbocycles. The molecule has 1 fully saturated rings. The zero-order valence-electron chi connectivity index (χ0n) is 15.6. The largest absolute Gasteiger partial charge is 0.381 e. The lowest BCUT2D eigenvalue weighted by Gasteiger charge is -2.21. The van der Waals surface area contributed by atoms with Crippen LogP contribution in [0.15, 0.2) is 23.6 Å². The van der Waals surface area contributed by atoms with Gasteiger partial charge in [-0.05, 0) is 49.3 Å². The van der Waals surface area contributed by atoms with Crippen LogP contribution in [-0.4, -0.2) is 36.7 Å². The molecule has 0 radical (unpaired) electrons. The van der Waals surface area contributed by atoms with E-state index in [4.69, 9.17) is 4.74 Å². The van der Waals surface area contributed by atoms with Gasteiger partial charge in [0.05, 0.1) is 5.69 Å². The van der Waals surface area contributed by atoms with Crippen molar-refractivity contribution >= 4 is 34.1 Å². The van der Waals surface area contributed by atoms with Crippen molar-refractivity contribution in [2.24, 2.45) is 5.92 Å². The minimum Gasteiger partial charge on any atom is -0.381 e. The van der Waals surface area contributed by atoms with Gasteiger partial charge >= 0.3 is 6.03 Å². The number of benzene rings is 1. The fraction of sp³-hybridized carbons (Fsp3) is 0.450. The van der Waals surface area contributed by atoms with Gasteiger partial charge in [0.15, 0.2) is 5.13 Å². The van der Waals surface area contributed by atoms with Gasteiger partial charge in [0.25, 0.3) is 0 Å². The molecule has 1 aromatic heterocycles. The lowest BCUT2D eigenvalue weighted by Crippen LogP contribution is -2.31. The quantitative estimate of drug-likeness (QED) is 0.715. The summed E-state index contributed by atoms with van der Waals surface area (Å²) in [7, 11) is 0. The molecule has 0 unspecified atom stereocenters. The third-order valence-electron chi connectivity index (χ3n) is 5.20. The van der Waals surface area contributed by atoms with Gasteiger partial charge in [-0.1, -0.05) is 6.07 Å². The summed E-state index contributed by atoms with van der Waals surface area (Å²) in [6.07, 6.45) is 4.37. The molecule has 3 amide bonds. The summed E-state index contributed by atoms with van der Waals surface area (Å²) in [5, 5.41) is 11.1. The van der Waals surface area contributed by atoms with Gasteiger partial charge in [-0.25, -0.2) is 9.78 Å². The van der Waals surface area contributed by atoms with E-state index in [2.05, 4.69) is 27.0 Å². The van der Waals surface area contributed by atoms with Crippen LogP contribution in [0.4, 0.5) is 15.6 Å². The Morgan fingerprint density at radius 2 is 2.14 bits per heavy atom. The van der Waals surface area contributed by atoms with Gasteiger partial charge < -0.3 is 15.4 Å². The SMILES string of the molecule is O=C1CCc2cc(-c3csc(NC(=O)NCCC4CCOCC4)n3)ccc2N1. The number of hydrogen-bond acceptors (Lipinski definition) is 5. The molecule has 2 aromatic rings. The number of fused-ring (bicyclic) bond motifs is 1. The highest BCUT2D eigenvalue weighted by atomic mass is 32.1. The number of amides is 3. The lowest BCUT2D eigenvalue weighted by molar-refractivity contribution is -0.116. The Labute approximate surface area is 167 Å². The summed E-state index contributed by atoms with van der Waals surface area (Å²) in [6, 6.07) is 5.69. The molecule has 1 saturated heterocycles. The van der Waals surface area contributed by atoms with Crippen LogP contribution >= 0.6 is 11.3 Å². The number of hydrogen-bond donors (Lipinski definition) is 3. The molecule has 0 aliphatic carbocycles. The summed E-state index contributed by atoms with van der Waals surface area (Å²) in [4.78, 5) is 28.1. The maximum Gasteiger partial charge on any atom is 0.321 e. The van der Waals surface area contributed by atoms with E-state index in [0.29, 0.717) is 24.0 Å². The number of rotatable bonds is 5. The van der Waals surface area contributed by atoms with Crippen LogP contribution in [0.2, 0.25) is 0 Å². The van der Waals surface area contributed by atoms with Gasteiger partial charge in [-0.2, -0.15) is 0 Å². The first-order valence-corrected chi connectivity index (χ1v) is 10.6. The van der Waals surface area contributed by atoms with Crippen molar-refractivity contribution in [3.05, 3.63) is 29.1 Å². The second-order valence-corrected chi connectivity index (χ2v) is 8.04. The van der Waals surface area contributed by atoms with E-state index in [-0.39, 0.29) is 11.9 Å². The minimum absolute atomic E-state index is 0.0585. The minimum atomic E-state index is -0.221. The molecular weight excluding hydrogens is 376 g/mol. The Morgan fingerprint density at radius 3 is 3.00 bits per heavy atom. The van der Waals surface area contributed by atoms with Crippen molar-refractivity contribution in [3.8, 4) is 11.3 Å². The average Bonchev–Trinajstić information content (AvgIpc) is 3.17. The van der Waals surface area contributed by atoms with Crippen LogP contribution in [0.1, 0.15) is 31.2 Å². The van der Waals surface area contributed by atoms with E-state index < -0.39 is 0 Å². The van der Waals surface area contributed by atoms with Gasteiger partial charge in [-0.3, -0.25) is 10.1 Å². The van der Waals surface area contributed by atoms with Crippen LogP contribution in [0, 0.1) is 5.92 Å². The lowest BCUT2D eigenvalue weighted by atomic mass is 9.97. The van der Waals surface area contributed by atoms with Crippen molar-refractivity contribution < 1.29 is 14.3 Å². The van der Waals surface area contributed by atoms with Crippen molar-refractivity contribution in [3.63, 3.8) is 0 Å². The maximum absolute atomic E-state index is 12.1. The smallest absolute Gasteiger partial charge is 0.321 e. The third kappa shape index (κ3) is 4.69. The van der Waals surface area contributed by atoms with Crippen LogP contribution in [0.25, 0.3) is 11.3 Å². The monoisotopic (exact) mass is 400 g/mol. The molecular formula is C20H24N4O3S. The number of urea groups is 1. The Morgan fingerprint density at radius 1 is 1.29 bits per heavy atom. The highest BCUT2D eigenvalue weighted by Gasteiger charge is 2.17. The molecule has 3 N–H and O–H groups in total. The molecule has 8 heteroatoms. The zero-order chi connectivity index (χ0) is 19.3. The number of nitrogens with one attached hydrogen (secondary N) is 3. The predicted molar refractivity (Wildman–Crippen MR) is 110 cm³/mol. The number of ether oxygens (including phenoxy) is 1. The zero-order valence-corrected chi connectivity index (χ0v) is 16.4. The van der Waals surface area contributed by atoms with E-state index in [1.54, 1.807) is 0 Å². The summed E-state index contributed by atoms with van der Waals surface area (Å²) in [5.74, 6) is 0.692. The molecule has 148 valence electrons. The molecule has 1 aromatic carbocycles. The molecule has 7 nitrogen and oxygen atoms in total. The fourth-order valence-electron chi connectivity index (χ4n) is 3.57. The van der Waals surface area contributed by atoms with Crippen molar-refractivity contribution in [2.45, 2.75) is 32.1 Å². The number of nitrogens with zero attached hydrogens (tertiary/aromatic N) is 1. The molecule has 4 rings (SSSR count). The van der Waals surface area contributed by atoms with Crippen molar-refractivity contribution in [1.29, 1.82) is 0 Å². The number of anilines is 2. The Kier molecular flexibility index (Phi) is 5.87. The predicted octanol–water partition coefficient (Wildman–Crippen LogP) is 3.63. The molecule has 0 bridgehead atoms. The first-order chi connectivity index (χ1) is 13.7.